The van der Waals surface area contributed by atoms with Crippen LogP contribution >= 0.6 is 11.8 Å². The molecule has 1 atom stereocenters. The van der Waals surface area contributed by atoms with Crippen LogP contribution < -0.4 is 0 Å². The van der Waals surface area contributed by atoms with E-state index in [9.17, 15) is 9.50 Å². The molecule has 2 rings (SSSR count). The van der Waals surface area contributed by atoms with Gasteiger partial charge < -0.3 is 5.11 Å². The molecule has 0 radical (unpaired) electrons. The van der Waals surface area contributed by atoms with Crippen LogP contribution in [0.2, 0.25) is 0 Å². The van der Waals surface area contributed by atoms with E-state index in [1.54, 1.807) is 19.9 Å². The van der Waals surface area contributed by atoms with Crippen LogP contribution in [0, 0.1) is 33.5 Å². The highest BCUT2D eigenvalue weighted by Crippen LogP contribution is 2.33. The molecule has 0 saturated carbocycles. The fourth-order valence-electron chi connectivity index (χ4n) is 1.97. The molecule has 1 aromatic heterocycles. The van der Waals surface area contributed by atoms with Crippen LogP contribution in [0.15, 0.2) is 22.2 Å². The summed E-state index contributed by atoms with van der Waals surface area (Å²) in [5.74, 6) is -0.313. The van der Waals surface area contributed by atoms with Crippen LogP contribution in [0.3, 0.4) is 0 Å². The molecule has 0 saturated heterocycles. The van der Waals surface area contributed by atoms with Gasteiger partial charge in [-0.05, 0) is 75.2 Å². The van der Waals surface area contributed by atoms with E-state index in [4.69, 9.17) is 0 Å². The second kappa shape index (κ2) is 6.12. The molecule has 1 aromatic carbocycles. The molecule has 0 aliphatic carbocycles. The van der Waals surface area contributed by atoms with Crippen molar-refractivity contribution in [2.24, 2.45) is 0 Å². The third kappa shape index (κ3) is 3.41. The summed E-state index contributed by atoms with van der Waals surface area (Å²) in [5.41, 5.74) is 4.04. The zero-order valence-electron chi connectivity index (χ0n) is 12.9. The molecule has 0 bridgehead atoms. The molecule has 0 amide bonds. The first-order chi connectivity index (χ1) is 9.79. The smallest absolute Gasteiger partial charge is 0.192 e. The zero-order valence-corrected chi connectivity index (χ0v) is 13.7. The number of benzene rings is 1. The normalized spacial score (nSPS) is 12.5. The van der Waals surface area contributed by atoms with Crippen molar-refractivity contribution in [3.63, 3.8) is 0 Å². The first kappa shape index (κ1) is 15.9. The highest BCUT2D eigenvalue weighted by atomic mass is 32.2. The van der Waals surface area contributed by atoms with Crippen molar-refractivity contribution < 1.29 is 9.50 Å². The number of halogens is 1. The van der Waals surface area contributed by atoms with E-state index in [0.717, 1.165) is 21.8 Å². The van der Waals surface area contributed by atoms with E-state index in [2.05, 4.69) is 9.97 Å². The topological polar surface area (TPSA) is 46.0 Å². The highest BCUT2D eigenvalue weighted by molar-refractivity contribution is 7.99. The van der Waals surface area contributed by atoms with Gasteiger partial charge in [0.25, 0.3) is 0 Å². The summed E-state index contributed by atoms with van der Waals surface area (Å²) in [7, 11) is 0. The van der Waals surface area contributed by atoms with Crippen LogP contribution in [0.25, 0.3) is 0 Å². The minimum absolute atomic E-state index is 0.313. The first-order valence-corrected chi connectivity index (χ1v) is 7.59. The van der Waals surface area contributed by atoms with Gasteiger partial charge in [-0.2, -0.15) is 0 Å². The van der Waals surface area contributed by atoms with Gasteiger partial charge in [-0.25, -0.2) is 14.4 Å². The molecular weight excluding hydrogens is 287 g/mol. The monoisotopic (exact) mass is 306 g/mol. The Morgan fingerprint density at radius 1 is 1.10 bits per heavy atom. The largest absolute Gasteiger partial charge is 0.389 e. The van der Waals surface area contributed by atoms with E-state index in [0.29, 0.717) is 16.3 Å². The van der Waals surface area contributed by atoms with Gasteiger partial charge in [0.2, 0.25) is 0 Å². The molecule has 0 unspecified atom stereocenters. The van der Waals surface area contributed by atoms with E-state index in [-0.39, 0.29) is 5.82 Å². The van der Waals surface area contributed by atoms with Crippen molar-refractivity contribution in [1.29, 1.82) is 0 Å². The summed E-state index contributed by atoms with van der Waals surface area (Å²) in [6, 6.07) is 3.12. The first-order valence-electron chi connectivity index (χ1n) is 6.77. The van der Waals surface area contributed by atoms with Gasteiger partial charge in [-0.1, -0.05) is 0 Å². The average molecular weight is 306 g/mol. The average Bonchev–Trinajstić information content (AvgIpc) is 2.39. The standard InChI is InChI=1S/C16H19FN2OS/c1-8-6-15(13(12(5)20)7-14(8)17)21-16-18-10(3)9(2)11(4)19-16/h6-7,12,20H,1-5H3/t12-/m1/s1. The Balaban J connectivity index is 2.46. The van der Waals surface area contributed by atoms with Crippen LogP contribution in [0.4, 0.5) is 4.39 Å². The van der Waals surface area contributed by atoms with Crippen molar-refractivity contribution in [2.45, 2.75) is 50.8 Å². The van der Waals surface area contributed by atoms with E-state index >= 15 is 0 Å². The van der Waals surface area contributed by atoms with Gasteiger partial charge in [0.05, 0.1) is 6.10 Å². The summed E-state index contributed by atoms with van der Waals surface area (Å²) >= 11 is 1.35. The van der Waals surface area contributed by atoms with Gasteiger partial charge in [-0.3, -0.25) is 0 Å². The minimum Gasteiger partial charge on any atom is -0.389 e. The highest BCUT2D eigenvalue weighted by Gasteiger charge is 2.15. The molecule has 3 nitrogen and oxygen atoms in total. The summed E-state index contributed by atoms with van der Waals surface area (Å²) in [6.45, 7) is 9.21. The molecule has 0 spiro atoms. The van der Waals surface area contributed by atoms with Crippen molar-refractivity contribution in [3.8, 4) is 0 Å². The van der Waals surface area contributed by atoms with E-state index < -0.39 is 6.10 Å². The van der Waals surface area contributed by atoms with Crippen LogP contribution in [-0.2, 0) is 0 Å². The molecule has 21 heavy (non-hydrogen) atoms. The van der Waals surface area contributed by atoms with Crippen LogP contribution in [-0.4, -0.2) is 15.1 Å². The molecule has 1 heterocycles. The van der Waals surface area contributed by atoms with Gasteiger partial charge in [-0.15, -0.1) is 0 Å². The van der Waals surface area contributed by atoms with Crippen molar-refractivity contribution in [2.75, 3.05) is 0 Å². The molecule has 1 N–H and O–H groups in total. The van der Waals surface area contributed by atoms with Gasteiger partial charge >= 0.3 is 0 Å². The SMILES string of the molecule is Cc1cc(Sc2nc(C)c(C)c(C)n2)c([C@@H](C)O)cc1F. The number of hydrogen-bond donors (Lipinski definition) is 1. The maximum atomic E-state index is 13.7. The maximum Gasteiger partial charge on any atom is 0.192 e. The Kier molecular flexibility index (Phi) is 4.64. The molecule has 5 heteroatoms. The lowest BCUT2D eigenvalue weighted by atomic mass is 10.1. The van der Waals surface area contributed by atoms with Crippen molar-refractivity contribution in [3.05, 3.63) is 46.0 Å². The predicted molar refractivity (Wildman–Crippen MR) is 82.1 cm³/mol. The molecule has 112 valence electrons. The summed E-state index contributed by atoms with van der Waals surface area (Å²) in [6.07, 6.45) is -0.741. The molecular formula is C16H19FN2OS. The maximum absolute atomic E-state index is 13.7. The van der Waals surface area contributed by atoms with E-state index in [1.165, 1.54) is 17.8 Å². The molecule has 0 aliphatic rings. The Bertz CT molecular complexity index is 663. The van der Waals surface area contributed by atoms with Gasteiger partial charge in [0.15, 0.2) is 5.16 Å². The number of rotatable bonds is 3. The minimum atomic E-state index is -0.741. The zero-order chi connectivity index (χ0) is 15.7. The molecule has 0 aliphatic heterocycles. The number of aliphatic hydroxyl groups excluding tert-OH is 1. The third-order valence-electron chi connectivity index (χ3n) is 3.55. The lowest BCUT2D eigenvalue weighted by molar-refractivity contribution is 0.196. The van der Waals surface area contributed by atoms with Crippen molar-refractivity contribution >= 4 is 11.8 Å². The Labute approximate surface area is 128 Å². The number of aromatic nitrogens is 2. The second-order valence-electron chi connectivity index (χ2n) is 5.22. The lowest BCUT2D eigenvalue weighted by Crippen LogP contribution is -2.01. The van der Waals surface area contributed by atoms with Gasteiger partial charge in [0.1, 0.15) is 5.82 Å². The fraction of sp³-hybridized carbons (Fsp3) is 0.375. The van der Waals surface area contributed by atoms with Crippen LogP contribution in [0.1, 0.15) is 41.1 Å². The predicted octanol–water partition coefficient (Wildman–Crippen LogP) is 4.05. The summed E-state index contributed by atoms with van der Waals surface area (Å²) < 4.78 is 13.7. The second-order valence-corrected chi connectivity index (χ2v) is 6.23. The van der Waals surface area contributed by atoms with Crippen LogP contribution in [0.5, 0.6) is 0 Å². The molecule has 2 aromatic rings. The third-order valence-corrected chi connectivity index (χ3v) is 4.49. The quantitative estimate of drug-likeness (QED) is 0.869. The lowest BCUT2D eigenvalue weighted by Gasteiger charge is -2.13. The molecule has 0 fully saturated rings. The summed E-state index contributed by atoms with van der Waals surface area (Å²) in [4.78, 5) is 9.70. The number of hydrogen-bond acceptors (Lipinski definition) is 4. The number of aliphatic hydroxyl groups is 1. The Hall–Kier alpha value is -1.46. The number of nitrogens with zero attached hydrogens (tertiary/aromatic N) is 2. The van der Waals surface area contributed by atoms with Crippen molar-refractivity contribution in [1.82, 2.24) is 9.97 Å². The fourth-order valence-corrected chi connectivity index (χ4v) is 3.12. The van der Waals surface area contributed by atoms with E-state index in [1.807, 2.05) is 20.8 Å². The van der Waals surface area contributed by atoms with Gasteiger partial charge in [0, 0.05) is 16.3 Å². The Morgan fingerprint density at radius 2 is 1.67 bits per heavy atom. The number of aryl methyl sites for hydroxylation is 3. The Morgan fingerprint density at radius 3 is 2.19 bits per heavy atom. The summed E-state index contributed by atoms with van der Waals surface area (Å²) in [5, 5.41) is 10.4.